The molecular formula is C15H21NO3. The SMILES string of the molecule is CC(C)(O)CCN1CCCc2cc(C(=O)O)ccc21. The fourth-order valence-corrected chi connectivity index (χ4v) is 2.45. The zero-order chi connectivity index (χ0) is 14.0. The van der Waals surface area contributed by atoms with Gasteiger partial charge in [0.25, 0.3) is 0 Å². The molecule has 0 atom stereocenters. The van der Waals surface area contributed by atoms with Crippen molar-refractivity contribution in [3.8, 4) is 0 Å². The minimum absolute atomic E-state index is 0.350. The van der Waals surface area contributed by atoms with Crippen molar-refractivity contribution < 1.29 is 15.0 Å². The topological polar surface area (TPSA) is 60.8 Å². The first-order valence-electron chi connectivity index (χ1n) is 6.70. The van der Waals surface area contributed by atoms with Crippen molar-refractivity contribution in [2.75, 3.05) is 18.0 Å². The Balaban J connectivity index is 2.18. The quantitative estimate of drug-likeness (QED) is 0.875. The fourth-order valence-electron chi connectivity index (χ4n) is 2.45. The van der Waals surface area contributed by atoms with Crippen molar-refractivity contribution in [3.05, 3.63) is 29.3 Å². The monoisotopic (exact) mass is 263 g/mol. The van der Waals surface area contributed by atoms with Crippen LogP contribution in [0.1, 0.15) is 42.6 Å². The smallest absolute Gasteiger partial charge is 0.335 e. The molecule has 2 N–H and O–H groups in total. The molecule has 1 aliphatic heterocycles. The molecule has 1 aromatic rings. The standard InChI is InChI=1S/C15H21NO3/c1-15(2,19)7-9-16-8-3-4-11-10-12(14(17)18)5-6-13(11)16/h5-6,10,19H,3-4,7-9H2,1-2H3,(H,17,18). The van der Waals surface area contributed by atoms with Crippen molar-refractivity contribution in [3.63, 3.8) is 0 Å². The van der Waals surface area contributed by atoms with Crippen LogP contribution in [-0.2, 0) is 6.42 Å². The number of rotatable bonds is 4. The Labute approximate surface area is 113 Å². The molecule has 19 heavy (non-hydrogen) atoms. The molecule has 0 aliphatic carbocycles. The number of fused-ring (bicyclic) bond motifs is 1. The molecule has 1 aliphatic rings. The Morgan fingerprint density at radius 1 is 1.42 bits per heavy atom. The van der Waals surface area contributed by atoms with Crippen LogP contribution in [0.25, 0.3) is 0 Å². The van der Waals surface area contributed by atoms with Crippen LogP contribution in [0.4, 0.5) is 5.69 Å². The number of carboxylic acid groups (broad SMARTS) is 1. The Kier molecular flexibility index (Phi) is 3.80. The zero-order valence-electron chi connectivity index (χ0n) is 11.5. The van der Waals surface area contributed by atoms with E-state index in [1.807, 2.05) is 19.9 Å². The van der Waals surface area contributed by atoms with Crippen LogP contribution in [-0.4, -0.2) is 34.9 Å². The maximum atomic E-state index is 11.0. The Hall–Kier alpha value is -1.55. The number of nitrogens with zero attached hydrogens (tertiary/aromatic N) is 1. The van der Waals surface area contributed by atoms with Crippen molar-refractivity contribution in [2.24, 2.45) is 0 Å². The van der Waals surface area contributed by atoms with Crippen LogP contribution in [0.5, 0.6) is 0 Å². The van der Waals surface area contributed by atoms with Gasteiger partial charge in [-0.25, -0.2) is 4.79 Å². The highest BCUT2D eigenvalue weighted by Gasteiger charge is 2.21. The van der Waals surface area contributed by atoms with E-state index < -0.39 is 11.6 Å². The number of aromatic carboxylic acids is 1. The molecule has 0 fully saturated rings. The molecule has 0 bridgehead atoms. The van der Waals surface area contributed by atoms with Gasteiger partial charge in [0.2, 0.25) is 0 Å². The Morgan fingerprint density at radius 3 is 2.79 bits per heavy atom. The van der Waals surface area contributed by atoms with Gasteiger partial charge in [-0.2, -0.15) is 0 Å². The van der Waals surface area contributed by atoms with E-state index in [0.717, 1.165) is 37.2 Å². The predicted molar refractivity (Wildman–Crippen MR) is 74.9 cm³/mol. The first-order valence-corrected chi connectivity index (χ1v) is 6.70. The third-order valence-electron chi connectivity index (χ3n) is 3.53. The summed E-state index contributed by atoms with van der Waals surface area (Å²) < 4.78 is 0. The molecule has 2 rings (SSSR count). The molecular weight excluding hydrogens is 242 g/mol. The molecule has 0 spiro atoms. The van der Waals surface area contributed by atoms with E-state index in [9.17, 15) is 9.90 Å². The molecule has 0 amide bonds. The van der Waals surface area contributed by atoms with Crippen LogP contribution in [0, 0.1) is 0 Å². The van der Waals surface area contributed by atoms with E-state index in [1.54, 1.807) is 12.1 Å². The van der Waals surface area contributed by atoms with E-state index >= 15 is 0 Å². The average Bonchev–Trinajstić information content (AvgIpc) is 2.34. The third kappa shape index (κ3) is 3.47. The maximum Gasteiger partial charge on any atom is 0.335 e. The van der Waals surface area contributed by atoms with Gasteiger partial charge in [-0.15, -0.1) is 0 Å². The summed E-state index contributed by atoms with van der Waals surface area (Å²) in [6.07, 6.45) is 2.66. The zero-order valence-corrected chi connectivity index (χ0v) is 11.5. The van der Waals surface area contributed by atoms with Crippen molar-refractivity contribution >= 4 is 11.7 Å². The largest absolute Gasteiger partial charge is 0.478 e. The number of carboxylic acids is 1. The van der Waals surface area contributed by atoms with Gasteiger partial charge in [0.05, 0.1) is 11.2 Å². The lowest BCUT2D eigenvalue weighted by atomic mass is 9.97. The highest BCUT2D eigenvalue weighted by Crippen LogP contribution is 2.28. The highest BCUT2D eigenvalue weighted by molar-refractivity contribution is 5.88. The summed E-state index contributed by atoms with van der Waals surface area (Å²) in [6.45, 7) is 5.38. The summed E-state index contributed by atoms with van der Waals surface area (Å²) >= 11 is 0. The van der Waals surface area contributed by atoms with Crippen molar-refractivity contribution in [1.82, 2.24) is 0 Å². The van der Waals surface area contributed by atoms with Crippen LogP contribution in [0.3, 0.4) is 0 Å². The van der Waals surface area contributed by atoms with Gasteiger partial charge in [-0.05, 0) is 56.9 Å². The van der Waals surface area contributed by atoms with Gasteiger partial charge in [0.1, 0.15) is 0 Å². The lowest BCUT2D eigenvalue weighted by Crippen LogP contribution is -2.34. The molecule has 0 saturated heterocycles. The summed E-state index contributed by atoms with van der Waals surface area (Å²) in [6, 6.07) is 5.32. The van der Waals surface area contributed by atoms with Gasteiger partial charge in [0, 0.05) is 18.8 Å². The van der Waals surface area contributed by atoms with E-state index in [0.29, 0.717) is 12.0 Å². The van der Waals surface area contributed by atoms with E-state index in [1.165, 1.54) is 0 Å². The number of carbonyl (C=O) groups is 1. The number of hydrogen-bond acceptors (Lipinski definition) is 3. The summed E-state index contributed by atoms with van der Waals surface area (Å²) in [7, 11) is 0. The molecule has 0 saturated carbocycles. The number of anilines is 1. The average molecular weight is 263 g/mol. The lowest BCUT2D eigenvalue weighted by Gasteiger charge is -2.33. The normalized spacial score (nSPS) is 15.2. The lowest BCUT2D eigenvalue weighted by molar-refractivity contribution is 0.0695. The van der Waals surface area contributed by atoms with E-state index in [2.05, 4.69) is 4.90 Å². The van der Waals surface area contributed by atoms with Crippen LogP contribution < -0.4 is 4.90 Å². The van der Waals surface area contributed by atoms with Gasteiger partial charge >= 0.3 is 5.97 Å². The molecule has 1 heterocycles. The van der Waals surface area contributed by atoms with Crippen molar-refractivity contribution in [1.29, 1.82) is 0 Å². The molecule has 1 aromatic carbocycles. The second-order valence-corrected chi connectivity index (χ2v) is 5.80. The molecule has 0 aromatic heterocycles. The van der Waals surface area contributed by atoms with Gasteiger partial charge < -0.3 is 15.1 Å². The number of aliphatic hydroxyl groups is 1. The minimum atomic E-state index is -0.878. The summed E-state index contributed by atoms with van der Waals surface area (Å²) in [5, 5.41) is 18.8. The Bertz CT molecular complexity index is 477. The first kappa shape index (κ1) is 13.9. The number of benzene rings is 1. The van der Waals surface area contributed by atoms with Gasteiger partial charge in [-0.3, -0.25) is 0 Å². The third-order valence-corrected chi connectivity index (χ3v) is 3.53. The molecule has 104 valence electrons. The van der Waals surface area contributed by atoms with Crippen LogP contribution in [0.15, 0.2) is 18.2 Å². The molecule has 0 unspecified atom stereocenters. The first-order chi connectivity index (χ1) is 8.87. The highest BCUT2D eigenvalue weighted by atomic mass is 16.4. The molecule has 4 heteroatoms. The van der Waals surface area contributed by atoms with Gasteiger partial charge in [0.15, 0.2) is 0 Å². The fraction of sp³-hybridized carbons (Fsp3) is 0.533. The minimum Gasteiger partial charge on any atom is -0.478 e. The van der Waals surface area contributed by atoms with Gasteiger partial charge in [-0.1, -0.05) is 0 Å². The summed E-state index contributed by atoms with van der Waals surface area (Å²) in [5.41, 5.74) is 1.89. The van der Waals surface area contributed by atoms with E-state index in [-0.39, 0.29) is 0 Å². The van der Waals surface area contributed by atoms with E-state index in [4.69, 9.17) is 5.11 Å². The second kappa shape index (κ2) is 5.21. The molecule has 0 radical (unpaired) electrons. The molecule has 4 nitrogen and oxygen atoms in total. The summed E-state index contributed by atoms with van der Waals surface area (Å²) in [4.78, 5) is 13.2. The summed E-state index contributed by atoms with van der Waals surface area (Å²) in [5.74, 6) is -0.878. The Morgan fingerprint density at radius 2 is 2.16 bits per heavy atom. The van der Waals surface area contributed by atoms with Crippen LogP contribution >= 0.6 is 0 Å². The van der Waals surface area contributed by atoms with Crippen molar-refractivity contribution in [2.45, 2.75) is 38.7 Å². The number of aryl methyl sites for hydroxylation is 1. The van der Waals surface area contributed by atoms with Crippen LogP contribution in [0.2, 0.25) is 0 Å². The maximum absolute atomic E-state index is 11.0. The predicted octanol–water partition coefficient (Wildman–Crippen LogP) is 2.30. The number of hydrogen-bond donors (Lipinski definition) is 2. The second-order valence-electron chi connectivity index (χ2n) is 5.80.